The average Bonchev–Trinajstić information content (AvgIpc) is 3.10. The first-order valence-electron chi connectivity index (χ1n) is 10.3. The molecular formula is C21H27ClN4O3S2. The molecule has 2 N–H and O–H groups in total. The number of anilines is 1. The molecule has 168 valence electrons. The van der Waals surface area contributed by atoms with Gasteiger partial charge in [0.15, 0.2) is 0 Å². The van der Waals surface area contributed by atoms with Gasteiger partial charge in [0.25, 0.3) is 10.0 Å². The molecular weight excluding hydrogens is 456 g/mol. The summed E-state index contributed by atoms with van der Waals surface area (Å²) in [6.07, 6.45) is 7.05. The number of amidine groups is 1. The van der Waals surface area contributed by atoms with Gasteiger partial charge >= 0.3 is 0 Å². The predicted molar refractivity (Wildman–Crippen MR) is 125 cm³/mol. The van der Waals surface area contributed by atoms with Crippen LogP contribution in [0, 0.1) is 12.3 Å². The van der Waals surface area contributed by atoms with Gasteiger partial charge in [0.2, 0.25) is 0 Å². The number of rotatable bonds is 6. The van der Waals surface area contributed by atoms with Gasteiger partial charge in [-0.25, -0.2) is 12.6 Å². The lowest BCUT2D eigenvalue weighted by molar-refractivity contribution is 0.368. The van der Waals surface area contributed by atoms with Crippen molar-refractivity contribution in [3.63, 3.8) is 0 Å². The van der Waals surface area contributed by atoms with E-state index in [0.29, 0.717) is 10.6 Å². The number of aryl methyl sites for hydroxylation is 1. The molecule has 7 nitrogen and oxygen atoms in total. The van der Waals surface area contributed by atoms with E-state index in [9.17, 15) is 12.6 Å². The summed E-state index contributed by atoms with van der Waals surface area (Å²) in [5, 5.41) is 9.06. The van der Waals surface area contributed by atoms with E-state index in [1.165, 1.54) is 22.4 Å². The molecule has 1 aromatic heterocycles. The maximum absolute atomic E-state index is 13.1. The van der Waals surface area contributed by atoms with Gasteiger partial charge in [0.1, 0.15) is 21.7 Å². The molecule has 1 aliphatic carbocycles. The third-order valence-corrected chi connectivity index (χ3v) is 9.07. The summed E-state index contributed by atoms with van der Waals surface area (Å²) < 4.78 is 42.5. The van der Waals surface area contributed by atoms with Gasteiger partial charge in [-0.05, 0) is 70.2 Å². The highest BCUT2D eigenvalue weighted by atomic mass is 35.5. The van der Waals surface area contributed by atoms with Crippen LogP contribution >= 0.6 is 11.6 Å². The highest BCUT2D eigenvalue weighted by Crippen LogP contribution is 2.50. The number of likely N-dealkylation sites (tertiary alicyclic amines) is 1. The van der Waals surface area contributed by atoms with E-state index < -0.39 is 21.0 Å². The molecule has 2 fully saturated rings. The lowest BCUT2D eigenvalue weighted by Crippen LogP contribution is -2.37. The average molecular weight is 483 g/mol. The minimum absolute atomic E-state index is 0.0106. The summed E-state index contributed by atoms with van der Waals surface area (Å²) in [4.78, 5) is 2.08. The molecule has 10 heteroatoms. The molecule has 0 radical (unpaired) electrons. The van der Waals surface area contributed by atoms with Crippen LogP contribution in [0.3, 0.4) is 0 Å². The number of nitrogens with zero attached hydrogens (tertiary/aromatic N) is 2. The molecule has 0 bridgehead atoms. The second-order valence-electron chi connectivity index (χ2n) is 8.63. The highest BCUT2D eigenvalue weighted by molar-refractivity contribution is 7.92. The zero-order chi connectivity index (χ0) is 22.6. The van der Waals surface area contributed by atoms with Crippen LogP contribution in [0.1, 0.15) is 50.7 Å². The summed E-state index contributed by atoms with van der Waals surface area (Å²) in [5.74, 6) is 0.260. The number of halogens is 1. The fourth-order valence-electron chi connectivity index (χ4n) is 4.23. The highest BCUT2D eigenvalue weighted by Gasteiger charge is 2.52. The van der Waals surface area contributed by atoms with Crippen molar-refractivity contribution in [1.29, 1.82) is 5.41 Å². The third kappa shape index (κ3) is 4.15. The Morgan fingerprint density at radius 3 is 2.65 bits per heavy atom. The normalized spacial score (nSPS) is 18.5. The maximum atomic E-state index is 13.1. The van der Waals surface area contributed by atoms with Crippen molar-refractivity contribution in [2.75, 3.05) is 11.3 Å². The van der Waals surface area contributed by atoms with Crippen molar-refractivity contribution in [3.05, 3.63) is 46.7 Å². The molecule has 2 heterocycles. The summed E-state index contributed by atoms with van der Waals surface area (Å²) in [6.45, 7) is 6.22. The predicted octanol–water partition coefficient (Wildman–Crippen LogP) is 4.12. The van der Waals surface area contributed by atoms with Gasteiger partial charge in [0.05, 0.1) is 16.3 Å². The van der Waals surface area contributed by atoms with Gasteiger partial charge in [-0.1, -0.05) is 11.6 Å². The minimum atomic E-state index is -3.96. The first kappa shape index (κ1) is 22.4. The zero-order valence-corrected chi connectivity index (χ0v) is 20.2. The lowest BCUT2D eigenvalue weighted by Gasteiger charge is -2.29. The maximum Gasteiger partial charge on any atom is 0.263 e. The molecule has 4 rings (SSSR count). The summed E-state index contributed by atoms with van der Waals surface area (Å²) in [6, 6.07) is 4.87. The lowest BCUT2D eigenvalue weighted by atomic mass is 10.1. The Bertz CT molecular complexity index is 1170. The van der Waals surface area contributed by atoms with Gasteiger partial charge in [0, 0.05) is 29.7 Å². The third-order valence-electron chi connectivity index (χ3n) is 5.97. The van der Waals surface area contributed by atoms with Gasteiger partial charge in [-0.3, -0.25) is 14.1 Å². The molecule has 1 unspecified atom stereocenters. The van der Waals surface area contributed by atoms with E-state index in [1.54, 1.807) is 26.0 Å². The molecule has 1 aliphatic heterocycles. The fourth-order valence-corrected chi connectivity index (χ4v) is 6.60. The minimum Gasteiger partial charge on any atom is -0.351 e. The van der Waals surface area contributed by atoms with Crippen molar-refractivity contribution in [1.82, 2.24) is 8.87 Å². The fraction of sp³-hybridized carbons (Fsp3) is 0.476. The second kappa shape index (κ2) is 7.94. The molecule has 1 spiro atoms. The number of sulfonamides is 1. The van der Waals surface area contributed by atoms with Crippen LogP contribution in [0.2, 0.25) is 5.02 Å². The molecule has 0 amide bonds. The van der Waals surface area contributed by atoms with E-state index in [0.717, 1.165) is 37.8 Å². The van der Waals surface area contributed by atoms with E-state index in [-0.39, 0.29) is 27.2 Å². The molecule has 31 heavy (non-hydrogen) atoms. The van der Waals surface area contributed by atoms with E-state index in [4.69, 9.17) is 17.0 Å². The topological polar surface area (TPSA) is 95.3 Å². The van der Waals surface area contributed by atoms with Crippen molar-refractivity contribution >= 4 is 44.1 Å². The van der Waals surface area contributed by atoms with Crippen LogP contribution in [0.4, 0.5) is 5.69 Å². The Kier molecular flexibility index (Phi) is 5.72. The quantitative estimate of drug-likeness (QED) is 0.478. The van der Waals surface area contributed by atoms with Crippen LogP contribution in [-0.2, 0) is 21.0 Å². The first-order chi connectivity index (χ1) is 14.5. The molecule has 1 aromatic carbocycles. The number of benzene rings is 1. The second-order valence-corrected chi connectivity index (χ2v) is 12.6. The van der Waals surface area contributed by atoms with E-state index in [2.05, 4.69) is 9.62 Å². The number of aromatic nitrogens is 1. The van der Waals surface area contributed by atoms with Gasteiger partial charge in [-0.15, -0.1) is 0 Å². The monoisotopic (exact) mass is 482 g/mol. The smallest absolute Gasteiger partial charge is 0.263 e. The van der Waals surface area contributed by atoms with Gasteiger partial charge < -0.3 is 4.90 Å². The van der Waals surface area contributed by atoms with Crippen molar-refractivity contribution in [3.8, 4) is 0 Å². The molecule has 1 atom stereocenters. The number of hydrogen-bond acceptors (Lipinski definition) is 4. The Morgan fingerprint density at radius 1 is 1.29 bits per heavy atom. The summed E-state index contributed by atoms with van der Waals surface area (Å²) in [7, 11) is -5.31. The van der Waals surface area contributed by atoms with E-state index in [1.807, 2.05) is 6.92 Å². The molecule has 2 aromatic rings. The molecule has 1 saturated heterocycles. The number of nitrogens with one attached hydrogen (secondary N) is 2. The van der Waals surface area contributed by atoms with Gasteiger partial charge in [-0.2, -0.15) is 0 Å². The zero-order valence-electron chi connectivity index (χ0n) is 17.8. The van der Waals surface area contributed by atoms with E-state index >= 15 is 0 Å². The Balaban J connectivity index is 1.68. The first-order valence-corrected chi connectivity index (χ1v) is 13.4. The van der Waals surface area contributed by atoms with Crippen molar-refractivity contribution < 1.29 is 12.6 Å². The largest absolute Gasteiger partial charge is 0.351 e. The van der Waals surface area contributed by atoms with Crippen molar-refractivity contribution in [2.24, 2.45) is 0 Å². The molecule has 2 aliphatic rings. The summed E-state index contributed by atoms with van der Waals surface area (Å²) in [5.41, 5.74) is 1.52. The Hall–Kier alpha value is -1.84. The summed E-state index contributed by atoms with van der Waals surface area (Å²) >= 11 is 6.53. The standard InChI is InChI=1S/C21H27ClN4O3S2/c1-14(2)30(27)25-10-5-16(13-25)31(28,29)24-18-12-15(3)11-17(22)19(18)20(23)26-9-4-6-21(26)7-8-21/h5,10-14,23-24H,4,6-9H2,1-3H3. The van der Waals surface area contributed by atoms with Crippen LogP contribution in [-0.4, -0.2) is 44.7 Å². The Morgan fingerprint density at radius 2 is 2.00 bits per heavy atom. The molecule has 1 saturated carbocycles. The van der Waals surface area contributed by atoms with Crippen LogP contribution in [0.5, 0.6) is 0 Å². The number of hydrogen-bond donors (Lipinski definition) is 2. The van der Waals surface area contributed by atoms with Crippen LogP contribution in [0.25, 0.3) is 0 Å². The van der Waals surface area contributed by atoms with Crippen molar-refractivity contribution in [2.45, 2.75) is 62.1 Å². The Labute approximate surface area is 190 Å². The van der Waals surface area contributed by atoms with Crippen LogP contribution < -0.4 is 4.72 Å². The SMILES string of the molecule is Cc1cc(Cl)c(C(=N)N2CCCC23CC3)c(NS(=O)(=O)c2ccn(S(=O)C(C)C)c2)c1. The van der Waals surface area contributed by atoms with Crippen LogP contribution in [0.15, 0.2) is 35.5 Å².